The van der Waals surface area contributed by atoms with Crippen LogP contribution in [0, 0.1) is 0 Å². The number of aliphatic carboxylic acids is 1. The van der Waals surface area contributed by atoms with E-state index in [4.69, 9.17) is 24.1 Å². The average Bonchev–Trinajstić information content (AvgIpc) is 3.21. The molecule has 1 aromatic heterocycles. The van der Waals surface area contributed by atoms with Gasteiger partial charge in [-0.1, -0.05) is 39.4 Å². The maximum atomic E-state index is 13.8. The number of aromatic nitrogens is 1. The van der Waals surface area contributed by atoms with Crippen molar-refractivity contribution in [1.29, 1.82) is 0 Å². The number of esters is 1. The Labute approximate surface area is 235 Å². The molecule has 0 amide bonds. The van der Waals surface area contributed by atoms with Crippen molar-refractivity contribution in [1.82, 2.24) is 4.57 Å². The first-order chi connectivity index (χ1) is 18.7. The molecule has 0 bridgehead atoms. The first-order valence-electron chi connectivity index (χ1n) is 11.7. The molecular formula is C27H25BrN2O8S. The maximum Gasteiger partial charge on any atom is 0.341 e. The predicted molar refractivity (Wildman–Crippen MR) is 147 cm³/mol. The van der Waals surface area contributed by atoms with Crippen molar-refractivity contribution in [3.05, 3.63) is 83.0 Å². The highest BCUT2D eigenvalue weighted by Gasteiger charge is 2.35. The molecule has 0 saturated carbocycles. The number of hydrogen-bond donors (Lipinski definition) is 1. The second-order valence-electron chi connectivity index (χ2n) is 8.28. The molecule has 4 rings (SSSR count). The molecule has 0 fully saturated rings. The number of benzene rings is 2. The van der Waals surface area contributed by atoms with E-state index in [-0.39, 0.29) is 17.7 Å². The van der Waals surface area contributed by atoms with Crippen molar-refractivity contribution < 1.29 is 33.6 Å². The van der Waals surface area contributed by atoms with Crippen LogP contribution < -0.4 is 29.1 Å². The van der Waals surface area contributed by atoms with Crippen LogP contribution >= 0.6 is 27.3 Å². The molecule has 1 aliphatic rings. The predicted octanol–water partition coefficient (Wildman–Crippen LogP) is 3.04. The Morgan fingerprint density at radius 1 is 1.15 bits per heavy atom. The highest BCUT2D eigenvalue weighted by atomic mass is 79.9. The summed E-state index contributed by atoms with van der Waals surface area (Å²) in [5.74, 6) is -0.343. The number of carbonyl (C=O) groups excluding carboxylic acids is 1. The van der Waals surface area contributed by atoms with Crippen LogP contribution in [0.1, 0.15) is 31.0 Å². The standard InChI is InChI=1S/C27H25BrN2O8S/c1-5-37-26(34)23-14(2)29-27-30(24(23)17-11-19(35-3)20(36-4)12-18(17)28)25(33)21(39-27)10-15-6-8-16(9-7-15)38-13-22(31)32/h6-12,24H,5,13H2,1-4H3,(H,31,32)/b21-10-/t24-/m0/s1. The Morgan fingerprint density at radius 3 is 2.44 bits per heavy atom. The topological polar surface area (TPSA) is 126 Å². The molecule has 2 aromatic carbocycles. The third-order valence-electron chi connectivity index (χ3n) is 5.85. The fourth-order valence-corrected chi connectivity index (χ4v) is 5.71. The zero-order chi connectivity index (χ0) is 28.3. The van der Waals surface area contributed by atoms with Crippen molar-refractivity contribution in [2.75, 3.05) is 27.4 Å². The zero-order valence-electron chi connectivity index (χ0n) is 21.5. The number of nitrogens with zero attached hydrogens (tertiary/aromatic N) is 2. The molecule has 10 nitrogen and oxygen atoms in total. The molecule has 0 saturated heterocycles. The Morgan fingerprint density at radius 2 is 1.82 bits per heavy atom. The molecule has 0 spiro atoms. The number of allylic oxidation sites excluding steroid dienone is 1. The van der Waals surface area contributed by atoms with Crippen molar-refractivity contribution in [2.24, 2.45) is 4.99 Å². The second-order valence-corrected chi connectivity index (χ2v) is 10.1. The number of rotatable bonds is 9. The van der Waals surface area contributed by atoms with Gasteiger partial charge in [0.25, 0.3) is 5.56 Å². The molecule has 1 aliphatic heterocycles. The van der Waals surface area contributed by atoms with Gasteiger partial charge in [-0.2, -0.15) is 0 Å². The molecule has 1 N–H and O–H groups in total. The van der Waals surface area contributed by atoms with E-state index in [2.05, 4.69) is 20.9 Å². The Balaban J connectivity index is 1.88. The average molecular weight is 617 g/mol. The largest absolute Gasteiger partial charge is 0.493 e. The van der Waals surface area contributed by atoms with Crippen molar-refractivity contribution >= 4 is 45.3 Å². The van der Waals surface area contributed by atoms with Crippen LogP contribution in [0.4, 0.5) is 0 Å². The van der Waals surface area contributed by atoms with Gasteiger partial charge in [-0.15, -0.1) is 0 Å². The van der Waals surface area contributed by atoms with Crippen LogP contribution in [0.2, 0.25) is 0 Å². The van der Waals surface area contributed by atoms with E-state index in [0.29, 0.717) is 47.9 Å². The lowest BCUT2D eigenvalue weighted by Crippen LogP contribution is -2.40. The maximum absolute atomic E-state index is 13.8. The molecular weight excluding hydrogens is 592 g/mol. The van der Waals surface area contributed by atoms with E-state index >= 15 is 0 Å². The quantitative estimate of drug-likeness (QED) is 0.364. The summed E-state index contributed by atoms with van der Waals surface area (Å²) >= 11 is 4.77. The summed E-state index contributed by atoms with van der Waals surface area (Å²) in [6, 6.07) is 9.27. The van der Waals surface area contributed by atoms with Gasteiger partial charge in [0.2, 0.25) is 0 Å². The van der Waals surface area contributed by atoms with E-state index in [1.807, 2.05) is 0 Å². The molecule has 0 unspecified atom stereocenters. The number of carbonyl (C=O) groups is 2. The lowest BCUT2D eigenvalue weighted by Gasteiger charge is -2.26. The number of halogens is 1. The van der Waals surface area contributed by atoms with Gasteiger partial charge >= 0.3 is 11.9 Å². The summed E-state index contributed by atoms with van der Waals surface area (Å²) in [5, 5.41) is 8.79. The van der Waals surface area contributed by atoms with Crippen molar-refractivity contribution in [3.63, 3.8) is 0 Å². The minimum atomic E-state index is -1.08. The van der Waals surface area contributed by atoms with Gasteiger partial charge in [-0.25, -0.2) is 14.6 Å². The molecule has 204 valence electrons. The molecule has 0 radical (unpaired) electrons. The summed E-state index contributed by atoms with van der Waals surface area (Å²) in [7, 11) is 3.03. The normalized spacial score (nSPS) is 14.9. The van der Waals surface area contributed by atoms with Gasteiger partial charge in [0.1, 0.15) is 5.75 Å². The number of methoxy groups -OCH3 is 2. The van der Waals surface area contributed by atoms with E-state index in [9.17, 15) is 14.4 Å². The number of carboxylic acid groups (broad SMARTS) is 1. The zero-order valence-corrected chi connectivity index (χ0v) is 23.9. The van der Waals surface area contributed by atoms with Gasteiger partial charge in [0.05, 0.1) is 42.7 Å². The lowest BCUT2D eigenvalue weighted by atomic mass is 9.95. The van der Waals surface area contributed by atoms with Crippen LogP contribution in [-0.4, -0.2) is 49.0 Å². The van der Waals surface area contributed by atoms with Gasteiger partial charge in [0.15, 0.2) is 22.9 Å². The summed E-state index contributed by atoms with van der Waals surface area (Å²) < 4.78 is 23.9. The van der Waals surface area contributed by atoms with E-state index < -0.39 is 24.6 Å². The van der Waals surface area contributed by atoms with Crippen LogP contribution in [0.3, 0.4) is 0 Å². The first-order valence-corrected chi connectivity index (χ1v) is 13.3. The Hall–Kier alpha value is -3.90. The van der Waals surface area contributed by atoms with E-state index in [0.717, 1.165) is 0 Å². The molecule has 39 heavy (non-hydrogen) atoms. The summed E-state index contributed by atoms with van der Waals surface area (Å²) in [5.41, 5.74) is 1.63. The summed E-state index contributed by atoms with van der Waals surface area (Å²) in [4.78, 5) is 42.7. The first kappa shape index (κ1) is 28.1. The monoisotopic (exact) mass is 616 g/mol. The van der Waals surface area contributed by atoms with E-state index in [1.54, 1.807) is 56.3 Å². The number of thiazole rings is 1. The molecule has 12 heteroatoms. The highest BCUT2D eigenvalue weighted by molar-refractivity contribution is 9.10. The molecule has 3 aromatic rings. The number of fused-ring (bicyclic) bond motifs is 1. The Bertz CT molecular complexity index is 1640. The minimum Gasteiger partial charge on any atom is -0.493 e. The molecule has 1 atom stereocenters. The lowest BCUT2D eigenvalue weighted by molar-refractivity contribution is -0.140. The number of ether oxygens (including phenoxy) is 4. The van der Waals surface area contributed by atoms with Gasteiger partial charge in [0, 0.05) is 4.47 Å². The third-order valence-corrected chi connectivity index (χ3v) is 7.52. The minimum absolute atomic E-state index is 0.159. The fourth-order valence-electron chi connectivity index (χ4n) is 4.12. The second kappa shape index (κ2) is 11.9. The highest BCUT2D eigenvalue weighted by Crippen LogP contribution is 2.40. The number of carboxylic acids is 1. The van der Waals surface area contributed by atoms with Crippen LogP contribution in [0.15, 0.2) is 61.9 Å². The summed E-state index contributed by atoms with van der Waals surface area (Å²) in [6.45, 7) is 3.13. The fraction of sp³-hybridized carbons (Fsp3) is 0.259. The number of hydrogen-bond acceptors (Lipinski definition) is 9. The van der Waals surface area contributed by atoms with Crippen LogP contribution in [0.25, 0.3) is 6.08 Å². The third kappa shape index (κ3) is 5.76. The van der Waals surface area contributed by atoms with Gasteiger partial charge in [-0.3, -0.25) is 9.36 Å². The van der Waals surface area contributed by atoms with Gasteiger partial charge < -0.3 is 24.1 Å². The van der Waals surface area contributed by atoms with E-state index in [1.165, 1.54) is 30.1 Å². The SMILES string of the molecule is CCOC(=O)C1=C(C)N=c2s/c(=C\c3ccc(OCC(=O)O)cc3)c(=O)n2[C@H]1c1cc(OC)c(OC)cc1Br. The molecule has 0 aliphatic carbocycles. The van der Waals surface area contributed by atoms with Crippen molar-refractivity contribution in [3.8, 4) is 17.2 Å². The Kier molecular flexibility index (Phi) is 8.56. The smallest absolute Gasteiger partial charge is 0.341 e. The van der Waals surface area contributed by atoms with Crippen LogP contribution in [-0.2, 0) is 14.3 Å². The molecule has 2 heterocycles. The van der Waals surface area contributed by atoms with Gasteiger partial charge in [-0.05, 0) is 55.3 Å². The van der Waals surface area contributed by atoms with Crippen LogP contribution in [0.5, 0.6) is 17.2 Å². The van der Waals surface area contributed by atoms with Crippen molar-refractivity contribution in [2.45, 2.75) is 19.9 Å². The summed E-state index contributed by atoms with van der Waals surface area (Å²) in [6.07, 6.45) is 1.70.